The van der Waals surface area contributed by atoms with Gasteiger partial charge in [0, 0.05) is 12.3 Å². The van der Waals surface area contributed by atoms with Crippen molar-refractivity contribution in [3.05, 3.63) is 60.7 Å². The molecule has 1 atom stereocenters. The molecular formula is C18H18N4O4S. The van der Waals surface area contributed by atoms with Gasteiger partial charge in [0.1, 0.15) is 5.69 Å². The monoisotopic (exact) mass is 386 g/mol. The second-order valence-corrected chi connectivity index (χ2v) is 6.41. The number of anilines is 1. The van der Waals surface area contributed by atoms with Crippen LogP contribution in [0.1, 0.15) is 24.3 Å². The summed E-state index contributed by atoms with van der Waals surface area (Å²) >= 11 is 0. The van der Waals surface area contributed by atoms with Crippen molar-refractivity contribution in [1.82, 2.24) is 14.2 Å². The number of rotatable bonds is 4. The maximum absolute atomic E-state index is 12.6. The number of nitrogens with zero attached hydrogens (tertiary/aromatic N) is 3. The largest absolute Gasteiger partial charge is 0.454 e. The molecule has 27 heavy (non-hydrogen) atoms. The lowest BCUT2D eigenvalue weighted by Gasteiger charge is -2.03. The summed E-state index contributed by atoms with van der Waals surface area (Å²) in [5.41, 5.74) is 0.705. The number of amides is 1. The van der Waals surface area contributed by atoms with Gasteiger partial charge in [-0.3, -0.25) is 9.78 Å². The van der Waals surface area contributed by atoms with E-state index in [0.29, 0.717) is 22.1 Å². The smallest absolute Gasteiger partial charge is 0.274 e. The molecule has 140 valence electrons. The molecule has 1 unspecified atom stereocenters. The van der Waals surface area contributed by atoms with Crippen LogP contribution in [0.3, 0.4) is 0 Å². The fraction of sp³-hybridized carbons (Fsp3) is 0.167. The number of nitrogens with one attached hydrogen (secondary N) is 1. The van der Waals surface area contributed by atoms with Gasteiger partial charge < -0.3 is 14.8 Å². The molecule has 0 saturated carbocycles. The topological polar surface area (TPSA) is 95.3 Å². The Morgan fingerprint density at radius 3 is 2.78 bits per heavy atom. The Morgan fingerprint density at radius 2 is 2.00 bits per heavy atom. The van der Waals surface area contributed by atoms with Gasteiger partial charge in [-0.25, -0.2) is 4.21 Å². The van der Waals surface area contributed by atoms with Crippen LogP contribution < -0.4 is 14.8 Å². The molecule has 1 aliphatic heterocycles. The average molecular weight is 386 g/mol. The predicted molar refractivity (Wildman–Crippen MR) is 100 cm³/mol. The molecule has 2 aromatic heterocycles. The molecule has 0 spiro atoms. The van der Waals surface area contributed by atoms with Crippen molar-refractivity contribution in [2.24, 2.45) is 0 Å². The minimum absolute atomic E-state index is 0.150. The molecule has 4 rings (SSSR count). The third-order valence-corrected chi connectivity index (χ3v) is 4.63. The Balaban J connectivity index is 0.00000102. The number of hydrogen-bond donors (Lipinski definition) is 1. The summed E-state index contributed by atoms with van der Waals surface area (Å²) in [4.78, 5) is 16.6. The lowest BCUT2D eigenvalue weighted by atomic mass is 10.3. The SMILES string of the molecule is CC.O=C(Nc1cnn(S(=O)c2ccc3c(c2)OCO3)c1)c1ccccn1. The standard InChI is InChI=1S/C16H12N4O4S.C2H6/c21-16(13-3-1-2-6-17-13)19-11-8-18-20(9-11)25(22)12-4-5-14-15(7-12)24-10-23-14;1-2/h1-9H,10H2,(H,19,21);1-2H3. The lowest BCUT2D eigenvalue weighted by Crippen LogP contribution is -2.13. The van der Waals surface area contributed by atoms with Gasteiger partial charge >= 0.3 is 0 Å². The van der Waals surface area contributed by atoms with Crippen LogP contribution in [-0.4, -0.2) is 31.1 Å². The molecule has 1 aliphatic rings. The van der Waals surface area contributed by atoms with E-state index in [-0.39, 0.29) is 18.4 Å². The van der Waals surface area contributed by atoms with E-state index in [1.807, 2.05) is 13.8 Å². The molecule has 9 heteroatoms. The number of carbonyl (C=O) groups excluding carboxylic acids is 1. The van der Waals surface area contributed by atoms with Gasteiger partial charge in [-0.05, 0) is 24.3 Å². The van der Waals surface area contributed by atoms with Crippen LogP contribution in [0.2, 0.25) is 0 Å². The van der Waals surface area contributed by atoms with Crippen molar-refractivity contribution in [1.29, 1.82) is 0 Å². The fourth-order valence-corrected chi connectivity index (χ4v) is 3.20. The molecule has 3 heterocycles. The van der Waals surface area contributed by atoms with E-state index in [0.717, 1.165) is 0 Å². The summed E-state index contributed by atoms with van der Waals surface area (Å²) in [5, 5.41) is 6.70. The Hall–Kier alpha value is -3.20. The first-order valence-corrected chi connectivity index (χ1v) is 9.40. The predicted octanol–water partition coefficient (Wildman–Crippen LogP) is 2.86. The highest BCUT2D eigenvalue weighted by molar-refractivity contribution is 7.83. The first-order chi connectivity index (χ1) is 13.2. The molecule has 0 saturated heterocycles. The molecule has 0 bridgehead atoms. The maximum atomic E-state index is 12.6. The molecule has 0 radical (unpaired) electrons. The van der Waals surface area contributed by atoms with Crippen molar-refractivity contribution in [3.8, 4) is 11.5 Å². The highest BCUT2D eigenvalue weighted by Crippen LogP contribution is 2.33. The van der Waals surface area contributed by atoms with Gasteiger partial charge in [-0.1, -0.05) is 19.9 Å². The molecule has 3 aromatic rings. The maximum Gasteiger partial charge on any atom is 0.274 e. The van der Waals surface area contributed by atoms with Gasteiger partial charge in [-0.2, -0.15) is 9.19 Å². The second-order valence-electron chi connectivity index (χ2n) is 5.06. The number of fused-ring (bicyclic) bond motifs is 1. The first-order valence-electron chi connectivity index (χ1n) is 8.30. The van der Waals surface area contributed by atoms with E-state index in [1.54, 1.807) is 36.4 Å². The quantitative estimate of drug-likeness (QED) is 0.741. The van der Waals surface area contributed by atoms with Gasteiger partial charge in [0.25, 0.3) is 5.91 Å². The van der Waals surface area contributed by atoms with E-state index >= 15 is 0 Å². The number of pyridine rings is 1. The third kappa shape index (κ3) is 4.14. The van der Waals surface area contributed by atoms with Crippen molar-refractivity contribution < 1.29 is 18.5 Å². The van der Waals surface area contributed by atoms with Crippen LogP contribution in [0.15, 0.2) is 59.9 Å². The van der Waals surface area contributed by atoms with Crippen LogP contribution in [0, 0.1) is 0 Å². The van der Waals surface area contributed by atoms with Crippen LogP contribution in [0.4, 0.5) is 5.69 Å². The molecule has 0 aliphatic carbocycles. The number of hydrogen-bond acceptors (Lipinski definition) is 6. The van der Waals surface area contributed by atoms with E-state index < -0.39 is 11.0 Å². The van der Waals surface area contributed by atoms with E-state index in [2.05, 4.69) is 15.4 Å². The Labute approximate surface area is 158 Å². The average Bonchev–Trinajstić information content (AvgIpc) is 3.38. The number of ether oxygens (including phenoxy) is 2. The summed E-state index contributed by atoms with van der Waals surface area (Å²) in [5.74, 6) is 0.792. The van der Waals surface area contributed by atoms with Crippen LogP contribution >= 0.6 is 0 Å². The van der Waals surface area contributed by atoms with Gasteiger partial charge in [0.15, 0.2) is 22.5 Å². The van der Waals surface area contributed by atoms with E-state index in [9.17, 15) is 9.00 Å². The molecular weight excluding hydrogens is 368 g/mol. The Morgan fingerprint density at radius 1 is 1.19 bits per heavy atom. The Bertz CT molecular complexity index is 959. The number of aromatic nitrogens is 3. The van der Waals surface area contributed by atoms with Crippen molar-refractivity contribution >= 4 is 22.6 Å². The second kappa shape index (κ2) is 8.45. The normalized spacial score (nSPS) is 12.7. The van der Waals surface area contributed by atoms with Crippen LogP contribution in [-0.2, 0) is 11.0 Å². The summed E-state index contributed by atoms with van der Waals surface area (Å²) < 4.78 is 24.4. The zero-order valence-corrected chi connectivity index (χ0v) is 15.6. The molecule has 0 fully saturated rings. The van der Waals surface area contributed by atoms with Crippen LogP contribution in [0.5, 0.6) is 11.5 Å². The van der Waals surface area contributed by atoms with Crippen molar-refractivity contribution in [3.63, 3.8) is 0 Å². The third-order valence-electron chi connectivity index (χ3n) is 3.43. The van der Waals surface area contributed by atoms with Gasteiger partial charge in [0.2, 0.25) is 6.79 Å². The lowest BCUT2D eigenvalue weighted by molar-refractivity contribution is 0.102. The highest BCUT2D eigenvalue weighted by atomic mass is 32.2. The van der Waals surface area contributed by atoms with E-state index in [4.69, 9.17) is 9.47 Å². The Kier molecular flexibility index (Phi) is 5.82. The van der Waals surface area contributed by atoms with Gasteiger partial charge in [0.05, 0.1) is 23.0 Å². The highest BCUT2D eigenvalue weighted by Gasteiger charge is 2.17. The molecule has 1 N–H and O–H groups in total. The van der Waals surface area contributed by atoms with Crippen molar-refractivity contribution in [2.45, 2.75) is 18.7 Å². The zero-order valence-electron chi connectivity index (χ0n) is 14.8. The minimum atomic E-state index is -1.57. The number of benzene rings is 1. The summed E-state index contributed by atoms with van der Waals surface area (Å²) in [6.45, 7) is 4.15. The molecule has 1 aromatic carbocycles. The van der Waals surface area contributed by atoms with Crippen LogP contribution in [0.25, 0.3) is 0 Å². The van der Waals surface area contributed by atoms with Crippen molar-refractivity contribution in [2.75, 3.05) is 12.1 Å². The van der Waals surface area contributed by atoms with Gasteiger partial charge in [-0.15, -0.1) is 0 Å². The fourth-order valence-electron chi connectivity index (χ4n) is 2.25. The zero-order chi connectivity index (χ0) is 19.2. The summed E-state index contributed by atoms with van der Waals surface area (Å²) in [7, 11) is -1.57. The first kappa shape index (κ1) is 18.6. The molecule has 1 amide bonds. The summed E-state index contributed by atoms with van der Waals surface area (Å²) in [6.07, 6.45) is 4.44. The number of carbonyl (C=O) groups is 1. The summed E-state index contributed by atoms with van der Waals surface area (Å²) in [6, 6.07) is 10.1. The van der Waals surface area contributed by atoms with E-state index in [1.165, 1.54) is 22.7 Å². The molecule has 8 nitrogen and oxygen atoms in total. The minimum Gasteiger partial charge on any atom is -0.454 e.